The minimum absolute atomic E-state index is 0.101. The number of rotatable bonds is 5. The first-order chi connectivity index (χ1) is 10.0. The molecule has 0 aliphatic rings. The fraction of sp³-hybridized carbons (Fsp3) is 0.333. The summed E-state index contributed by atoms with van der Waals surface area (Å²) in [5.74, 6) is -0.142. The molecule has 0 aliphatic heterocycles. The summed E-state index contributed by atoms with van der Waals surface area (Å²) in [6, 6.07) is 14.1. The molecule has 0 heterocycles. The molecule has 2 atom stereocenters. The summed E-state index contributed by atoms with van der Waals surface area (Å²) in [7, 11) is 0. The van der Waals surface area contributed by atoms with Crippen molar-refractivity contribution in [3.63, 3.8) is 0 Å². The molecule has 2 aromatic rings. The zero-order valence-electron chi connectivity index (χ0n) is 12.7. The lowest BCUT2D eigenvalue weighted by atomic mass is 10.0. The average Bonchev–Trinajstić information content (AvgIpc) is 2.47. The van der Waals surface area contributed by atoms with Gasteiger partial charge in [0.25, 0.3) is 0 Å². The van der Waals surface area contributed by atoms with E-state index in [4.69, 9.17) is 0 Å². The summed E-state index contributed by atoms with van der Waals surface area (Å²) in [6.45, 7) is 6.01. The van der Waals surface area contributed by atoms with Crippen molar-refractivity contribution in [3.05, 3.63) is 69.4 Å². The third kappa shape index (κ3) is 4.14. The standard InChI is InChI=1S/C18H21BrFN/c1-4-18(15-6-5-7-16(19)10-15)21-13(3)14-9-8-12(2)17(20)11-14/h5-11,13,18,21H,4H2,1-3H3. The van der Waals surface area contributed by atoms with Gasteiger partial charge in [0, 0.05) is 16.6 Å². The van der Waals surface area contributed by atoms with Crippen molar-refractivity contribution in [2.24, 2.45) is 0 Å². The van der Waals surface area contributed by atoms with E-state index in [0.717, 1.165) is 16.5 Å². The topological polar surface area (TPSA) is 12.0 Å². The van der Waals surface area contributed by atoms with Crippen LogP contribution < -0.4 is 5.32 Å². The van der Waals surface area contributed by atoms with Crippen molar-refractivity contribution < 1.29 is 4.39 Å². The molecule has 21 heavy (non-hydrogen) atoms. The zero-order chi connectivity index (χ0) is 15.4. The largest absolute Gasteiger partial charge is 0.303 e. The van der Waals surface area contributed by atoms with Crippen LogP contribution in [0.5, 0.6) is 0 Å². The van der Waals surface area contributed by atoms with Gasteiger partial charge >= 0.3 is 0 Å². The number of nitrogens with one attached hydrogen (secondary N) is 1. The first-order valence-electron chi connectivity index (χ1n) is 7.28. The summed E-state index contributed by atoms with van der Waals surface area (Å²) < 4.78 is 14.8. The molecule has 0 fully saturated rings. The second-order valence-corrected chi connectivity index (χ2v) is 6.33. The molecule has 0 radical (unpaired) electrons. The summed E-state index contributed by atoms with van der Waals surface area (Å²) in [5, 5.41) is 3.59. The highest BCUT2D eigenvalue weighted by molar-refractivity contribution is 9.10. The lowest BCUT2D eigenvalue weighted by molar-refractivity contribution is 0.454. The average molecular weight is 350 g/mol. The number of halogens is 2. The van der Waals surface area contributed by atoms with Gasteiger partial charge in [0.2, 0.25) is 0 Å². The Labute approximate surface area is 134 Å². The van der Waals surface area contributed by atoms with Crippen molar-refractivity contribution in [1.82, 2.24) is 5.32 Å². The van der Waals surface area contributed by atoms with Gasteiger partial charge in [0.05, 0.1) is 0 Å². The number of benzene rings is 2. The van der Waals surface area contributed by atoms with E-state index in [0.29, 0.717) is 5.56 Å². The van der Waals surface area contributed by atoms with Crippen molar-refractivity contribution in [2.45, 2.75) is 39.3 Å². The molecular formula is C18H21BrFN. The van der Waals surface area contributed by atoms with Crippen LogP contribution in [-0.4, -0.2) is 0 Å². The first kappa shape index (κ1) is 16.2. The van der Waals surface area contributed by atoms with Gasteiger partial charge in [-0.25, -0.2) is 4.39 Å². The Balaban J connectivity index is 2.16. The molecule has 0 spiro atoms. The van der Waals surface area contributed by atoms with Crippen LogP contribution in [0, 0.1) is 12.7 Å². The van der Waals surface area contributed by atoms with E-state index in [1.54, 1.807) is 13.0 Å². The molecule has 1 N–H and O–H groups in total. The fourth-order valence-corrected chi connectivity index (χ4v) is 2.87. The van der Waals surface area contributed by atoms with Gasteiger partial charge in [0.15, 0.2) is 0 Å². The van der Waals surface area contributed by atoms with Crippen molar-refractivity contribution in [3.8, 4) is 0 Å². The maximum absolute atomic E-state index is 13.7. The molecule has 2 rings (SSSR count). The molecule has 0 saturated heterocycles. The minimum atomic E-state index is -0.142. The van der Waals surface area contributed by atoms with E-state index < -0.39 is 0 Å². The highest BCUT2D eigenvalue weighted by Gasteiger charge is 2.14. The van der Waals surface area contributed by atoms with Gasteiger partial charge in [-0.3, -0.25) is 0 Å². The van der Waals surface area contributed by atoms with Crippen LogP contribution in [-0.2, 0) is 0 Å². The van der Waals surface area contributed by atoms with E-state index in [1.165, 1.54) is 5.56 Å². The molecule has 0 aliphatic carbocycles. The molecule has 0 bridgehead atoms. The summed E-state index contributed by atoms with van der Waals surface area (Å²) in [4.78, 5) is 0. The number of hydrogen-bond donors (Lipinski definition) is 1. The number of aryl methyl sites for hydroxylation is 1. The molecule has 1 nitrogen and oxygen atoms in total. The van der Waals surface area contributed by atoms with Gasteiger partial charge in [-0.15, -0.1) is 0 Å². The Morgan fingerprint density at radius 2 is 1.90 bits per heavy atom. The monoisotopic (exact) mass is 349 g/mol. The lowest BCUT2D eigenvalue weighted by Crippen LogP contribution is -2.24. The van der Waals surface area contributed by atoms with E-state index in [1.807, 2.05) is 24.3 Å². The van der Waals surface area contributed by atoms with Crippen LogP contribution in [0.4, 0.5) is 4.39 Å². The van der Waals surface area contributed by atoms with E-state index in [9.17, 15) is 4.39 Å². The molecule has 112 valence electrons. The molecule has 0 aromatic heterocycles. The molecule has 2 unspecified atom stereocenters. The molecular weight excluding hydrogens is 329 g/mol. The maximum Gasteiger partial charge on any atom is 0.126 e. The van der Waals surface area contributed by atoms with Crippen LogP contribution in [0.15, 0.2) is 46.9 Å². The quantitative estimate of drug-likeness (QED) is 0.730. The van der Waals surface area contributed by atoms with Crippen LogP contribution in [0.1, 0.15) is 49.0 Å². The summed E-state index contributed by atoms with van der Waals surface area (Å²) in [5.41, 5.74) is 2.91. The molecule has 0 saturated carbocycles. The van der Waals surface area contributed by atoms with Crippen LogP contribution >= 0.6 is 15.9 Å². The zero-order valence-corrected chi connectivity index (χ0v) is 14.2. The highest BCUT2D eigenvalue weighted by Crippen LogP contribution is 2.25. The Hall–Kier alpha value is -1.19. The van der Waals surface area contributed by atoms with E-state index >= 15 is 0 Å². The van der Waals surface area contributed by atoms with Gasteiger partial charge in [-0.2, -0.15) is 0 Å². The number of hydrogen-bond acceptors (Lipinski definition) is 1. The minimum Gasteiger partial charge on any atom is -0.303 e. The fourth-order valence-electron chi connectivity index (χ4n) is 2.45. The van der Waals surface area contributed by atoms with Crippen LogP contribution in [0.2, 0.25) is 0 Å². The predicted molar refractivity (Wildman–Crippen MR) is 89.9 cm³/mol. The van der Waals surface area contributed by atoms with E-state index in [2.05, 4.69) is 47.2 Å². The van der Waals surface area contributed by atoms with Crippen molar-refractivity contribution in [1.29, 1.82) is 0 Å². The highest BCUT2D eigenvalue weighted by atomic mass is 79.9. The molecule has 2 aromatic carbocycles. The smallest absolute Gasteiger partial charge is 0.126 e. The van der Waals surface area contributed by atoms with Gasteiger partial charge in [-0.05, 0) is 55.2 Å². The summed E-state index contributed by atoms with van der Waals surface area (Å²) >= 11 is 3.51. The van der Waals surface area contributed by atoms with Gasteiger partial charge in [-0.1, -0.05) is 47.1 Å². The van der Waals surface area contributed by atoms with Crippen molar-refractivity contribution in [2.75, 3.05) is 0 Å². The van der Waals surface area contributed by atoms with Gasteiger partial charge < -0.3 is 5.32 Å². The maximum atomic E-state index is 13.7. The predicted octanol–water partition coefficient (Wildman–Crippen LogP) is 5.70. The van der Waals surface area contributed by atoms with Crippen LogP contribution in [0.3, 0.4) is 0 Å². The molecule has 0 amide bonds. The second-order valence-electron chi connectivity index (χ2n) is 5.41. The van der Waals surface area contributed by atoms with E-state index in [-0.39, 0.29) is 17.9 Å². The van der Waals surface area contributed by atoms with Gasteiger partial charge in [0.1, 0.15) is 5.82 Å². The summed E-state index contributed by atoms with van der Waals surface area (Å²) in [6.07, 6.45) is 0.981. The Morgan fingerprint density at radius 3 is 2.52 bits per heavy atom. The second kappa shape index (κ2) is 7.19. The first-order valence-corrected chi connectivity index (χ1v) is 8.08. The third-order valence-electron chi connectivity index (χ3n) is 3.81. The lowest BCUT2D eigenvalue weighted by Gasteiger charge is -2.23. The normalized spacial score (nSPS) is 14.0. The molecule has 3 heteroatoms. The van der Waals surface area contributed by atoms with Crippen LogP contribution in [0.25, 0.3) is 0 Å². The Kier molecular flexibility index (Phi) is 5.54. The SMILES string of the molecule is CCC(NC(C)c1ccc(C)c(F)c1)c1cccc(Br)c1. The third-order valence-corrected chi connectivity index (χ3v) is 4.30. The Morgan fingerprint density at radius 1 is 1.14 bits per heavy atom. The Bertz CT molecular complexity index is 612. The van der Waals surface area contributed by atoms with Crippen molar-refractivity contribution >= 4 is 15.9 Å².